The lowest BCUT2D eigenvalue weighted by Crippen LogP contribution is -2.42. The van der Waals surface area contributed by atoms with Crippen LogP contribution in [0.3, 0.4) is 0 Å². The predicted molar refractivity (Wildman–Crippen MR) is 134 cm³/mol. The number of para-hydroxylation sites is 1. The standard InChI is InChI=1S/C27H28N2O2S/c1-26(2,3)19-13-15-21(16-14-19)31-27(4,5)25(30)28-20-10-8-9-18(17-20)24-29-22-11-6-7-12-23(22)32-24/h6-17H,1-5H3,(H,28,30). The molecule has 0 saturated carbocycles. The molecule has 0 spiro atoms. The minimum absolute atomic E-state index is 0.0692. The van der Waals surface area contributed by atoms with Gasteiger partial charge in [0.15, 0.2) is 5.60 Å². The maximum absolute atomic E-state index is 13.0. The summed E-state index contributed by atoms with van der Waals surface area (Å²) in [4.78, 5) is 17.7. The summed E-state index contributed by atoms with van der Waals surface area (Å²) in [5.41, 5.74) is 2.93. The number of carbonyl (C=O) groups excluding carboxylic acids is 1. The number of amides is 1. The molecule has 0 aliphatic heterocycles. The van der Waals surface area contributed by atoms with Crippen molar-refractivity contribution in [1.29, 1.82) is 0 Å². The second kappa shape index (κ2) is 8.40. The first-order valence-corrected chi connectivity index (χ1v) is 11.5. The number of nitrogens with one attached hydrogen (secondary N) is 1. The zero-order valence-electron chi connectivity index (χ0n) is 19.1. The van der Waals surface area contributed by atoms with Crippen molar-refractivity contribution < 1.29 is 9.53 Å². The molecule has 0 unspecified atom stereocenters. The molecule has 4 aromatic rings. The molecule has 3 aromatic carbocycles. The maximum Gasteiger partial charge on any atom is 0.267 e. The van der Waals surface area contributed by atoms with Crippen molar-refractivity contribution in [2.24, 2.45) is 0 Å². The second-order valence-corrected chi connectivity index (χ2v) is 10.4. The van der Waals surface area contributed by atoms with E-state index >= 15 is 0 Å². The molecule has 1 N–H and O–H groups in total. The zero-order chi connectivity index (χ0) is 22.9. The number of ether oxygens (including phenoxy) is 1. The minimum atomic E-state index is -1.03. The highest BCUT2D eigenvalue weighted by molar-refractivity contribution is 7.21. The number of fused-ring (bicyclic) bond motifs is 1. The summed E-state index contributed by atoms with van der Waals surface area (Å²) in [5.74, 6) is 0.459. The van der Waals surface area contributed by atoms with E-state index in [1.54, 1.807) is 25.2 Å². The fourth-order valence-corrected chi connectivity index (χ4v) is 4.33. The summed E-state index contributed by atoms with van der Waals surface area (Å²) >= 11 is 1.64. The summed E-state index contributed by atoms with van der Waals surface area (Å²) < 4.78 is 7.18. The maximum atomic E-state index is 13.0. The van der Waals surface area contributed by atoms with Gasteiger partial charge in [-0.1, -0.05) is 57.2 Å². The number of hydrogen-bond acceptors (Lipinski definition) is 4. The first-order chi connectivity index (χ1) is 15.1. The smallest absolute Gasteiger partial charge is 0.267 e. The molecule has 0 fully saturated rings. The largest absolute Gasteiger partial charge is 0.478 e. The third kappa shape index (κ3) is 4.83. The monoisotopic (exact) mass is 444 g/mol. The zero-order valence-corrected chi connectivity index (χ0v) is 19.9. The van der Waals surface area contributed by atoms with Crippen LogP contribution in [-0.2, 0) is 10.2 Å². The number of carbonyl (C=O) groups is 1. The van der Waals surface area contributed by atoms with Crippen LogP contribution in [-0.4, -0.2) is 16.5 Å². The Bertz CT molecular complexity index is 1220. The molecule has 1 heterocycles. The van der Waals surface area contributed by atoms with Crippen molar-refractivity contribution in [3.63, 3.8) is 0 Å². The number of benzene rings is 3. The summed E-state index contributed by atoms with van der Waals surface area (Å²) in [6, 6.07) is 23.8. The van der Waals surface area contributed by atoms with Crippen molar-refractivity contribution in [1.82, 2.24) is 4.98 Å². The average molecular weight is 445 g/mol. The fourth-order valence-electron chi connectivity index (χ4n) is 3.37. The van der Waals surface area contributed by atoms with E-state index in [-0.39, 0.29) is 11.3 Å². The van der Waals surface area contributed by atoms with E-state index in [0.717, 1.165) is 20.8 Å². The van der Waals surface area contributed by atoms with Crippen molar-refractivity contribution in [3.8, 4) is 16.3 Å². The third-order valence-electron chi connectivity index (χ3n) is 5.30. The van der Waals surface area contributed by atoms with E-state index in [1.807, 2.05) is 66.7 Å². The Morgan fingerprint density at radius 3 is 2.31 bits per heavy atom. The third-order valence-corrected chi connectivity index (χ3v) is 6.39. The molecule has 32 heavy (non-hydrogen) atoms. The van der Waals surface area contributed by atoms with Crippen LogP contribution in [0.25, 0.3) is 20.8 Å². The fraction of sp³-hybridized carbons (Fsp3) is 0.259. The average Bonchev–Trinajstić information content (AvgIpc) is 3.18. The first-order valence-electron chi connectivity index (χ1n) is 10.7. The Labute approximate surface area is 193 Å². The normalized spacial score (nSPS) is 12.0. The minimum Gasteiger partial charge on any atom is -0.478 e. The van der Waals surface area contributed by atoms with Gasteiger partial charge in [0.1, 0.15) is 10.8 Å². The lowest BCUT2D eigenvalue weighted by molar-refractivity contribution is -0.128. The highest BCUT2D eigenvalue weighted by Crippen LogP contribution is 2.32. The quantitative estimate of drug-likeness (QED) is 0.358. The Hall–Kier alpha value is -3.18. The summed E-state index contributed by atoms with van der Waals surface area (Å²) in [5, 5.41) is 3.92. The molecule has 0 saturated heterocycles. The van der Waals surface area contributed by atoms with Gasteiger partial charge in [0.05, 0.1) is 10.2 Å². The molecule has 1 amide bonds. The van der Waals surface area contributed by atoms with Gasteiger partial charge >= 0.3 is 0 Å². The summed E-state index contributed by atoms with van der Waals surface area (Å²) in [7, 11) is 0. The molecular formula is C27H28N2O2S. The molecule has 0 radical (unpaired) electrons. The lowest BCUT2D eigenvalue weighted by Gasteiger charge is -2.26. The van der Waals surface area contributed by atoms with E-state index in [4.69, 9.17) is 9.72 Å². The molecule has 0 bridgehead atoms. The van der Waals surface area contributed by atoms with Crippen molar-refractivity contribution in [2.75, 3.05) is 5.32 Å². The van der Waals surface area contributed by atoms with E-state index in [9.17, 15) is 4.79 Å². The number of hydrogen-bond donors (Lipinski definition) is 1. The molecule has 164 valence electrons. The Balaban J connectivity index is 1.48. The van der Waals surface area contributed by atoms with Gasteiger partial charge in [0.25, 0.3) is 5.91 Å². The topological polar surface area (TPSA) is 51.2 Å². The SMILES string of the molecule is CC(C)(Oc1ccc(C(C)(C)C)cc1)C(=O)Nc1cccc(-c2nc3ccccc3s2)c1. The van der Waals surface area contributed by atoms with Crippen LogP contribution in [0.1, 0.15) is 40.2 Å². The van der Waals surface area contributed by atoms with Crippen LogP contribution in [0.4, 0.5) is 5.69 Å². The molecular weight excluding hydrogens is 416 g/mol. The summed E-state index contributed by atoms with van der Waals surface area (Å²) in [6.45, 7) is 10.1. The van der Waals surface area contributed by atoms with Crippen LogP contribution >= 0.6 is 11.3 Å². The molecule has 1 aromatic heterocycles. The number of aromatic nitrogens is 1. The van der Waals surface area contributed by atoms with Gasteiger partial charge in [-0.05, 0) is 61.2 Å². The van der Waals surface area contributed by atoms with E-state index in [1.165, 1.54) is 5.56 Å². The van der Waals surface area contributed by atoms with Gasteiger partial charge in [-0.15, -0.1) is 11.3 Å². The number of thiazole rings is 1. The van der Waals surface area contributed by atoms with Gasteiger partial charge in [-0.25, -0.2) is 4.98 Å². The second-order valence-electron chi connectivity index (χ2n) is 9.41. The van der Waals surface area contributed by atoms with E-state index < -0.39 is 5.60 Å². The van der Waals surface area contributed by atoms with Gasteiger partial charge in [-0.3, -0.25) is 4.79 Å². The molecule has 5 heteroatoms. The number of anilines is 1. The Morgan fingerprint density at radius 2 is 1.62 bits per heavy atom. The van der Waals surface area contributed by atoms with Crippen molar-refractivity contribution in [3.05, 3.63) is 78.4 Å². The van der Waals surface area contributed by atoms with Crippen LogP contribution in [0.15, 0.2) is 72.8 Å². The highest BCUT2D eigenvalue weighted by Gasteiger charge is 2.30. The van der Waals surface area contributed by atoms with Crippen molar-refractivity contribution >= 4 is 33.1 Å². The van der Waals surface area contributed by atoms with Crippen LogP contribution < -0.4 is 10.1 Å². The van der Waals surface area contributed by atoms with Gasteiger partial charge in [0.2, 0.25) is 0 Å². The number of nitrogens with zero attached hydrogens (tertiary/aromatic N) is 1. The molecule has 0 aliphatic carbocycles. The van der Waals surface area contributed by atoms with Crippen molar-refractivity contribution in [2.45, 2.75) is 45.6 Å². The van der Waals surface area contributed by atoms with E-state index in [0.29, 0.717) is 11.4 Å². The van der Waals surface area contributed by atoms with Crippen LogP contribution in [0.5, 0.6) is 5.75 Å². The molecule has 4 nitrogen and oxygen atoms in total. The van der Waals surface area contributed by atoms with Gasteiger partial charge in [0, 0.05) is 11.3 Å². The van der Waals surface area contributed by atoms with Gasteiger partial charge in [-0.2, -0.15) is 0 Å². The summed E-state index contributed by atoms with van der Waals surface area (Å²) in [6.07, 6.45) is 0. The molecule has 0 atom stereocenters. The van der Waals surface area contributed by atoms with Crippen LogP contribution in [0, 0.1) is 0 Å². The number of rotatable bonds is 5. The predicted octanol–water partition coefficient (Wildman–Crippen LogP) is 7.06. The Kier molecular flexibility index (Phi) is 5.78. The van der Waals surface area contributed by atoms with E-state index in [2.05, 4.69) is 32.2 Å². The Morgan fingerprint density at radius 1 is 0.906 bits per heavy atom. The lowest BCUT2D eigenvalue weighted by atomic mass is 9.87. The molecule has 0 aliphatic rings. The van der Waals surface area contributed by atoms with Gasteiger partial charge < -0.3 is 10.1 Å². The van der Waals surface area contributed by atoms with Crippen LogP contribution in [0.2, 0.25) is 0 Å². The first kappa shape index (κ1) is 22.0. The highest BCUT2D eigenvalue weighted by atomic mass is 32.1. The molecule has 4 rings (SSSR count).